The van der Waals surface area contributed by atoms with Crippen molar-refractivity contribution in [3.8, 4) is 11.5 Å². The largest absolute Gasteiger partial charge is 0.485 e. The van der Waals surface area contributed by atoms with Crippen molar-refractivity contribution in [3.63, 3.8) is 0 Å². The van der Waals surface area contributed by atoms with Crippen LogP contribution in [-0.4, -0.2) is 24.4 Å². The van der Waals surface area contributed by atoms with E-state index >= 15 is 0 Å². The Labute approximate surface area is 177 Å². The predicted molar refractivity (Wildman–Crippen MR) is 111 cm³/mol. The zero-order valence-electron chi connectivity index (χ0n) is 15.0. The maximum atomic E-state index is 13.0. The van der Waals surface area contributed by atoms with Gasteiger partial charge < -0.3 is 14.8 Å². The molecule has 1 N–H and O–H groups in total. The van der Waals surface area contributed by atoms with Crippen LogP contribution in [0.5, 0.6) is 11.5 Å². The number of fused-ring (bicyclic) bond motifs is 1. The topological polar surface area (TPSA) is 64.6 Å². The number of rotatable bonds is 4. The van der Waals surface area contributed by atoms with Crippen LogP contribution < -0.4 is 14.8 Å². The van der Waals surface area contributed by atoms with Crippen molar-refractivity contribution in [2.45, 2.75) is 6.10 Å². The maximum Gasteiger partial charge on any atom is 0.269 e. The van der Waals surface area contributed by atoms with E-state index in [4.69, 9.17) is 32.7 Å². The van der Waals surface area contributed by atoms with Crippen LogP contribution in [0.1, 0.15) is 15.9 Å². The number of ketones is 1. The van der Waals surface area contributed by atoms with Gasteiger partial charge in [0.25, 0.3) is 5.91 Å². The molecule has 1 aliphatic rings. The summed E-state index contributed by atoms with van der Waals surface area (Å²) in [4.78, 5) is 25.8. The first-order valence-electron chi connectivity index (χ1n) is 8.81. The Morgan fingerprint density at radius 3 is 2.41 bits per heavy atom. The maximum absolute atomic E-state index is 13.0. The number of halogens is 2. The molecule has 1 heterocycles. The molecule has 3 aromatic carbocycles. The summed E-state index contributed by atoms with van der Waals surface area (Å²) >= 11 is 12.2. The summed E-state index contributed by atoms with van der Waals surface area (Å²) in [5, 5.41) is 3.42. The van der Waals surface area contributed by atoms with E-state index in [1.54, 1.807) is 54.6 Å². The predicted octanol–water partition coefficient (Wildman–Crippen LogP) is 5.00. The summed E-state index contributed by atoms with van der Waals surface area (Å²) in [5.74, 6) is 0.287. The highest BCUT2D eigenvalue weighted by molar-refractivity contribution is 6.36. The Balaban J connectivity index is 1.59. The molecule has 1 aliphatic heterocycles. The molecular formula is C22H15Cl2NO4. The number of ether oxygens (including phenoxy) is 2. The average molecular weight is 428 g/mol. The van der Waals surface area contributed by atoms with E-state index < -0.39 is 12.0 Å². The van der Waals surface area contributed by atoms with Gasteiger partial charge in [0.15, 0.2) is 17.3 Å². The van der Waals surface area contributed by atoms with Gasteiger partial charge in [-0.2, -0.15) is 0 Å². The van der Waals surface area contributed by atoms with Gasteiger partial charge >= 0.3 is 0 Å². The molecule has 0 bridgehead atoms. The number of benzene rings is 3. The standard InChI is InChI=1S/C22H15Cl2NO4/c23-13-9-10-17(15(11-13)21(26)14-5-1-2-6-16(14)24)25-22(27)20-12-28-18-7-3-4-8-19(18)29-20/h1-11,20H,12H2,(H,25,27). The van der Waals surface area contributed by atoms with Gasteiger partial charge in [-0.25, -0.2) is 0 Å². The van der Waals surface area contributed by atoms with Crippen molar-refractivity contribution in [3.05, 3.63) is 87.9 Å². The Morgan fingerprint density at radius 1 is 0.897 bits per heavy atom. The van der Waals surface area contributed by atoms with Crippen LogP contribution in [0.3, 0.4) is 0 Å². The highest BCUT2D eigenvalue weighted by atomic mass is 35.5. The number of anilines is 1. The van der Waals surface area contributed by atoms with Crippen LogP contribution in [0, 0.1) is 0 Å². The first-order valence-corrected chi connectivity index (χ1v) is 9.56. The molecule has 1 atom stereocenters. The van der Waals surface area contributed by atoms with E-state index in [1.165, 1.54) is 6.07 Å². The fraction of sp³-hybridized carbons (Fsp3) is 0.0909. The summed E-state index contributed by atoms with van der Waals surface area (Å²) in [6.45, 7) is 0.0598. The van der Waals surface area contributed by atoms with Crippen LogP contribution in [0.25, 0.3) is 0 Å². The lowest BCUT2D eigenvalue weighted by molar-refractivity contribution is -0.125. The Kier molecular flexibility index (Phi) is 5.43. The van der Waals surface area contributed by atoms with E-state index in [-0.39, 0.29) is 18.0 Å². The van der Waals surface area contributed by atoms with Gasteiger partial charge in [-0.1, -0.05) is 47.5 Å². The molecule has 0 saturated heterocycles. The quantitative estimate of drug-likeness (QED) is 0.594. The number of carbonyl (C=O) groups is 2. The average Bonchev–Trinajstić information content (AvgIpc) is 2.74. The van der Waals surface area contributed by atoms with Crippen LogP contribution in [0.15, 0.2) is 66.7 Å². The minimum Gasteiger partial charge on any atom is -0.485 e. The lowest BCUT2D eigenvalue weighted by Gasteiger charge is -2.25. The minimum atomic E-state index is -0.858. The van der Waals surface area contributed by atoms with Crippen LogP contribution in [-0.2, 0) is 4.79 Å². The van der Waals surface area contributed by atoms with Crippen molar-refractivity contribution < 1.29 is 19.1 Å². The first-order chi connectivity index (χ1) is 14.0. The third-order valence-electron chi connectivity index (χ3n) is 4.40. The molecule has 1 unspecified atom stereocenters. The molecule has 5 nitrogen and oxygen atoms in total. The molecule has 3 aromatic rings. The second-order valence-corrected chi connectivity index (χ2v) is 7.20. The molecule has 0 aliphatic carbocycles. The van der Waals surface area contributed by atoms with Gasteiger partial charge in [-0.05, 0) is 42.5 Å². The lowest BCUT2D eigenvalue weighted by atomic mass is 10.0. The molecule has 0 saturated carbocycles. The van der Waals surface area contributed by atoms with E-state index in [1.807, 2.05) is 6.07 Å². The molecule has 29 heavy (non-hydrogen) atoms. The Hall–Kier alpha value is -3.02. The summed E-state index contributed by atoms with van der Waals surface area (Å²) in [6, 6.07) is 18.5. The van der Waals surface area contributed by atoms with Crippen LogP contribution in [0.2, 0.25) is 10.0 Å². The Bertz CT molecular complexity index is 1100. The van der Waals surface area contributed by atoms with Gasteiger partial charge in [-0.15, -0.1) is 0 Å². The summed E-state index contributed by atoms with van der Waals surface area (Å²) < 4.78 is 11.3. The zero-order valence-corrected chi connectivity index (χ0v) is 16.5. The SMILES string of the molecule is O=C(c1ccccc1Cl)c1cc(Cl)ccc1NC(=O)C1COc2ccccc2O1. The number of para-hydroxylation sites is 2. The molecule has 0 radical (unpaired) electrons. The van der Waals surface area contributed by atoms with E-state index in [2.05, 4.69) is 5.32 Å². The van der Waals surface area contributed by atoms with Crippen LogP contribution >= 0.6 is 23.2 Å². The van der Waals surface area contributed by atoms with Gasteiger partial charge in [0, 0.05) is 16.1 Å². The molecule has 7 heteroatoms. The number of nitrogens with one attached hydrogen (secondary N) is 1. The fourth-order valence-electron chi connectivity index (χ4n) is 2.97. The molecule has 0 aromatic heterocycles. The third kappa shape index (κ3) is 4.06. The summed E-state index contributed by atoms with van der Waals surface area (Å²) in [5.41, 5.74) is 0.862. The van der Waals surface area contributed by atoms with Gasteiger partial charge in [0.05, 0.1) is 10.7 Å². The van der Waals surface area contributed by atoms with Crippen molar-refractivity contribution in [2.24, 2.45) is 0 Å². The van der Waals surface area contributed by atoms with Gasteiger partial charge in [0.2, 0.25) is 6.10 Å². The molecule has 0 fully saturated rings. The minimum absolute atomic E-state index is 0.0598. The van der Waals surface area contributed by atoms with Gasteiger partial charge in [-0.3, -0.25) is 9.59 Å². The molecule has 4 rings (SSSR count). The van der Waals surface area contributed by atoms with E-state index in [0.717, 1.165) is 0 Å². The fourth-order valence-corrected chi connectivity index (χ4v) is 3.36. The number of hydrogen-bond acceptors (Lipinski definition) is 4. The third-order valence-corrected chi connectivity index (χ3v) is 4.97. The molecule has 1 amide bonds. The first kappa shape index (κ1) is 19.3. The van der Waals surface area contributed by atoms with Crippen molar-refractivity contribution in [2.75, 3.05) is 11.9 Å². The molecule has 0 spiro atoms. The molecular weight excluding hydrogens is 413 g/mol. The zero-order chi connectivity index (χ0) is 20.4. The normalized spacial score (nSPS) is 14.9. The van der Waals surface area contributed by atoms with Gasteiger partial charge in [0.1, 0.15) is 6.61 Å². The lowest BCUT2D eigenvalue weighted by Crippen LogP contribution is -2.40. The second kappa shape index (κ2) is 8.15. The number of amides is 1. The number of hydrogen-bond donors (Lipinski definition) is 1. The molecule has 146 valence electrons. The van der Waals surface area contributed by atoms with E-state index in [0.29, 0.717) is 32.8 Å². The van der Waals surface area contributed by atoms with E-state index in [9.17, 15) is 9.59 Å². The highest BCUT2D eigenvalue weighted by Gasteiger charge is 2.28. The van der Waals surface area contributed by atoms with Crippen molar-refractivity contribution in [1.82, 2.24) is 0 Å². The van der Waals surface area contributed by atoms with Crippen molar-refractivity contribution in [1.29, 1.82) is 0 Å². The van der Waals surface area contributed by atoms with Crippen LogP contribution in [0.4, 0.5) is 5.69 Å². The highest BCUT2D eigenvalue weighted by Crippen LogP contribution is 2.32. The summed E-state index contributed by atoms with van der Waals surface area (Å²) in [6.07, 6.45) is -0.858. The Morgan fingerprint density at radius 2 is 1.62 bits per heavy atom. The monoisotopic (exact) mass is 427 g/mol. The smallest absolute Gasteiger partial charge is 0.269 e. The number of carbonyl (C=O) groups excluding carboxylic acids is 2. The van der Waals surface area contributed by atoms with Crippen molar-refractivity contribution >= 4 is 40.6 Å². The second-order valence-electron chi connectivity index (χ2n) is 6.35. The summed E-state index contributed by atoms with van der Waals surface area (Å²) in [7, 11) is 0.